The number of benzene rings is 2. The number of thiophene rings is 1. The normalized spacial score (nSPS) is 14.4. The molecule has 1 saturated heterocycles. The van der Waals surface area contributed by atoms with Gasteiger partial charge in [-0.1, -0.05) is 65.8 Å². The topological polar surface area (TPSA) is 68.5 Å². The summed E-state index contributed by atoms with van der Waals surface area (Å²) >= 11 is 1.49. The van der Waals surface area contributed by atoms with Crippen LogP contribution >= 0.6 is 11.3 Å². The molecule has 0 unspecified atom stereocenters. The molecule has 6 nitrogen and oxygen atoms in total. The molecule has 1 aliphatic heterocycles. The van der Waals surface area contributed by atoms with Gasteiger partial charge >= 0.3 is 0 Å². The number of likely N-dealkylation sites (tertiary alicyclic amines) is 1. The first-order valence-corrected chi connectivity index (χ1v) is 11.9. The highest BCUT2D eigenvalue weighted by Gasteiger charge is 2.30. The Kier molecular flexibility index (Phi) is 6.21. The molecule has 0 radical (unpaired) electrons. The molecule has 2 aromatic heterocycles. The molecule has 2 aromatic carbocycles. The van der Waals surface area contributed by atoms with Crippen molar-refractivity contribution in [2.75, 3.05) is 13.1 Å². The zero-order chi connectivity index (χ0) is 22.6. The van der Waals surface area contributed by atoms with Crippen LogP contribution < -0.4 is 4.74 Å². The first kappa shape index (κ1) is 21.4. The number of hydrogen-bond acceptors (Lipinski definition) is 6. The van der Waals surface area contributed by atoms with E-state index in [1.54, 1.807) is 0 Å². The van der Waals surface area contributed by atoms with Gasteiger partial charge in [-0.25, -0.2) is 0 Å². The van der Waals surface area contributed by atoms with E-state index in [1.807, 2.05) is 66.4 Å². The third kappa shape index (κ3) is 4.83. The third-order valence-corrected chi connectivity index (χ3v) is 7.02. The quantitative estimate of drug-likeness (QED) is 0.370. The summed E-state index contributed by atoms with van der Waals surface area (Å²) in [5.41, 5.74) is 2.15. The summed E-state index contributed by atoms with van der Waals surface area (Å²) in [6, 6.07) is 22.1. The second-order valence-electron chi connectivity index (χ2n) is 8.19. The number of nitrogens with zero attached hydrogens (tertiary/aromatic N) is 3. The van der Waals surface area contributed by atoms with E-state index in [0.29, 0.717) is 42.0 Å². The van der Waals surface area contributed by atoms with Crippen LogP contribution in [0.15, 0.2) is 71.3 Å². The highest BCUT2D eigenvalue weighted by Crippen LogP contribution is 2.38. The van der Waals surface area contributed by atoms with Crippen LogP contribution in [0.25, 0.3) is 10.4 Å². The van der Waals surface area contributed by atoms with Gasteiger partial charge in [-0.2, -0.15) is 4.98 Å². The molecule has 1 amide bonds. The fourth-order valence-electron chi connectivity index (χ4n) is 4.06. The summed E-state index contributed by atoms with van der Waals surface area (Å²) in [6.45, 7) is 3.55. The molecule has 1 aliphatic rings. The maximum Gasteiger partial charge on any atom is 0.267 e. The Labute approximate surface area is 196 Å². The van der Waals surface area contributed by atoms with Crippen LogP contribution in [0.3, 0.4) is 0 Å². The first-order chi connectivity index (χ1) is 16.2. The van der Waals surface area contributed by atoms with Gasteiger partial charge in [0.2, 0.25) is 5.89 Å². The minimum atomic E-state index is 0.0189. The molecule has 4 aromatic rings. The molecule has 0 aliphatic carbocycles. The molecule has 3 heterocycles. The Morgan fingerprint density at radius 2 is 1.79 bits per heavy atom. The number of ether oxygens (including phenoxy) is 1. The molecule has 168 valence electrons. The smallest absolute Gasteiger partial charge is 0.267 e. The zero-order valence-electron chi connectivity index (χ0n) is 18.4. The molecule has 33 heavy (non-hydrogen) atoms. The Bertz CT molecular complexity index is 1210. The summed E-state index contributed by atoms with van der Waals surface area (Å²) in [5.74, 6) is 2.18. The number of aryl methyl sites for hydroxylation is 1. The first-order valence-electron chi connectivity index (χ1n) is 11.1. The molecular formula is C26H25N3O3S. The predicted octanol–water partition coefficient (Wildman–Crippen LogP) is 5.71. The van der Waals surface area contributed by atoms with Gasteiger partial charge in [0.05, 0.1) is 0 Å². The van der Waals surface area contributed by atoms with Crippen molar-refractivity contribution in [3.63, 3.8) is 0 Å². The largest absolute Gasteiger partial charge is 0.487 e. The number of carbonyl (C=O) groups is 1. The van der Waals surface area contributed by atoms with Crippen molar-refractivity contribution >= 4 is 17.2 Å². The number of piperidine rings is 1. The van der Waals surface area contributed by atoms with Gasteiger partial charge in [0.15, 0.2) is 5.82 Å². The zero-order valence-corrected chi connectivity index (χ0v) is 19.3. The Morgan fingerprint density at radius 3 is 2.45 bits per heavy atom. The minimum Gasteiger partial charge on any atom is -0.487 e. The molecule has 1 fully saturated rings. The average Bonchev–Trinajstić information content (AvgIpc) is 3.50. The molecule has 0 saturated carbocycles. The SMILES string of the molecule is Cc1noc(C2CCN(C(=O)c3sc(-c4ccccc4)cc3OCc3ccccc3)CC2)n1. The van der Waals surface area contributed by atoms with E-state index in [4.69, 9.17) is 9.26 Å². The summed E-state index contributed by atoms with van der Waals surface area (Å²) in [6.07, 6.45) is 1.62. The summed E-state index contributed by atoms with van der Waals surface area (Å²) < 4.78 is 11.5. The summed E-state index contributed by atoms with van der Waals surface area (Å²) in [4.78, 5) is 21.5. The Morgan fingerprint density at radius 1 is 1.09 bits per heavy atom. The van der Waals surface area contributed by atoms with Gasteiger partial charge in [0.1, 0.15) is 17.2 Å². The second-order valence-corrected chi connectivity index (χ2v) is 9.24. The number of hydrogen-bond donors (Lipinski definition) is 0. The van der Waals surface area contributed by atoms with Crippen LogP contribution in [0.1, 0.15) is 45.7 Å². The predicted molar refractivity (Wildman–Crippen MR) is 127 cm³/mol. The van der Waals surface area contributed by atoms with E-state index in [0.717, 1.165) is 28.8 Å². The molecule has 0 spiro atoms. The van der Waals surface area contributed by atoms with Gasteiger partial charge in [0.25, 0.3) is 5.91 Å². The van der Waals surface area contributed by atoms with E-state index >= 15 is 0 Å². The van der Waals surface area contributed by atoms with Crippen LogP contribution in [0, 0.1) is 6.92 Å². The fraction of sp³-hybridized carbons (Fsp3) is 0.269. The van der Waals surface area contributed by atoms with Crippen molar-refractivity contribution < 1.29 is 14.1 Å². The molecule has 5 rings (SSSR count). The molecule has 7 heteroatoms. The highest BCUT2D eigenvalue weighted by molar-refractivity contribution is 7.17. The fourth-order valence-corrected chi connectivity index (χ4v) is 5.14. The molecule has 0 N–H and O–H groups in total. The second kappa shape index (κ2) is 9.58. The maximum atomic E-state index is 13.5. The van der Waals surface area contributed by atoms with Crippen LogP contribution in [0.5, 0.6) is 5.75 Å². The van der Waals surface area contributed by atoms with Crippen molar-refractivity contribution in [2.45, 2.75) is 32.3 Å². The Hall–Kier alpha value is -3.45. The van der Waals surface area contributed by atoms with E-state index in [2.05, 4.69) is 22.3 Å². The highest BCUT2D eigenvalue weighted by atomic mass is 32.1. The minimum absolute atomic E-state index is 0.0189. The summed E-state index contributed by atoms with van der Waals surface area (Å²) in [7, 11) is 0. The van der Waals surface area contributed by atoms with Crippen molar-refractivity contribution in [1.82, 2.24) is 15.0 Å². The monoisotopic (exact) mass is 459 g/mol. The van der Waals surface area contributed by atoms with Gasteiger partial charge in [-0.3, -0.25) is 4.79 Å². The van der Waals surface area contributed by atoms with E-state index in [9.17, 15) is 4.79 Å². The lowest BCUT2D eigenvalue weighted by atomic mass is 9.96. The standard InChI is InChI=1S/C26H25N3O3S/c1-18-27-25(32-28-18)21-12-14-29(15-13-21)26(30)24-22(31-17-19-8-4-2-5-9-19)16-23(33-24)20-10-6-3-7-11-20/h2-11,16,21H,12-15,17H2,1H3. The van der Waals surface area contributed by atoms with Gasteiger partial charge in [-0.05, 0) is 37.0 Å². The third-order valence-electron chi connectivity index (χ3n) is 5.86. The van der Waals surface area contributed by atoms with Crippen molar-refractivity contribution in [2.24, 2.45) is 0 Å². The molecule has 0 bridgehead atoms. The van der Waals surface area contributed by atoms with Crippen molar-refractivity contribution in [3.8, 4) is 16.2 Å². The van der Waals surface area contributed by atoms with Gasteiger partial charge < -0.3 is 14.2 Å². The number of carbonyl (C=O) groups excluding carboxylic acids is 1. The van der Waals surface area contributed by atoms with Crippen LogP contribution in [-0.2, 0) is 6.61 Å². The van der Waals surface area contributed by atoms with E-state index < -0.39 is 0 Å². The van der Waals surface area contributed by atoms with Crippen LogP contribution in [0.2, 0.25) is 0 Å². The molecule has 0 atom stereocenters. The van der Waals surface area contributed by atoms with Crippen molar-refractivity contribution in [1.29, 1.82) is 0 Å². The van der Waals surface area contributed by atoms with Gasteiger partial charge in [-0.15, -0.1) is 11.3 Å². The summed E-state index contributed by atoms with van der Waals surface area (Å²) in [5, 5.41) is 3.90. The maximum absolute atomic E-state index is 13.5. The van der Waals surface area contributed by atoms with Crippen molar-refractivity contribution in [3.05, 3.63) is 88.9 Å². The Balaban J connectivity index is 1.35. The molecular weight excluding hydrogens is 434 g/mol. The van der Waals surface area contributed by atoms with Crippen LogP contribution in [-0.4, -0.2) is 34.0 Å². The lowest BCUT2D eigenvalue weighted by Gasteiger charge is -2.30. The van der Waals surface area contributed by atoms with E-state index in [1.165, 1.54) is 11.3 Å². The van der Waals surface area contributed by atoms with Crippen LogP contribution in [0.4, 0.5) is 0 Å². The average molecular weight is 460 g/mol. The number of aromatic nitrogens is 2. The van der Waals surface area contributed by atoms with E-state index in [-0.39, 0.29) is 11.8 Å². The van der Waals surface area contributed by atoms with Gasteiger partial charge in [0, 0.05) is 23.9 Å². The lowest BCUT2D eigenvalue weighted by Crippen LogP contribution is -2.37. The number of rotatable bonds is 6. The number of amides is 1. The lowest BCUT2D eigenvalue weighted by molar-refractivity contribution is 0.0705.